The Kier molecular flexibility index (Phi) is 10.0. The number of benzene rings is 3. The molecule has 4 rings (SSSR count). The predicted molar refractivity (Wildman–Crippen MR) is 142 cm³/mol. The highest BCUT2D eigenvalue weighted by molar-refractivity contribution is 6.37. The van der Waals surface area contributed by atoms with Gasteiger partial charge in [-0.05, 0) is 36.9 Å². The summed E-state index contributed by atoms with van der Waals surface area (Å²) in [4.78, 5) is 18.0. The van der Waals surface area contributed by atoms with Crippen LogP contribution in [0.25, 0.3) is 10.8 Å². The Morgan fingerprint density at radius 1 is 0.909 bits per heavy atom. The normalized spacial score (nSPS) is 16.4. The van der Waals surface area contributed by atoms with Gasteiger partial charge in [-0.1, -0.05) is 60.1 Å². The Morgan fingerprint density at radius 2 is 1.55 bits per heavy atom. The molecule has 0 aromatic heterocycles. The predicted octanol–water partition coefficient (Wildman–Crippen LogP) is 6.30. The zero-order valence-corrected chi connectivity index (χ0v) is 21.6. The van der Waals surface area contributed by atoms with Crippen molar-refractivity contribution in [1.82, 2.24) is 9.80 Å². The summed E-state index contributed by atoms with van der Waals surface area (Å²) in [7, 11) is 1.60. The number of fused-ring (bicyclic) bond motifs is 1. The molecule has 0 N–H and O–H groups in total. The molecule has 2 atom stereocenters. The molecule has 0 spiro atoms. The summed E-state index contributed by atoms with van der Waals surface area (Å²) in [6, 6.07) is 20.4. The second-order valence-corrected chi connectivity index (χ2v) is 8.59. The minimum atomic E-state index is -0.152. The second-order valence-electron chi connectivity index (χ2n) is 8.22. The van der Waals surface area contributed by atoms with E-state index in [1.165, 1.54) is 5.56 Å². The average molecular weight is 510 g/mol. The minimum Gasteiger partial charge on any atom is -0.495 e. The summed E-state index contributed by atoms with van der Waals surface area (Å²) in [6.45, 7) is 7.97. The number of hydrogen-bond acceptors (Lipinski definition) is 4. The lowest BCUT2D eigenvalue weighted by molar-refractivity contribution is 0.0617. The Hall–Kier alpha value is -1.82. The van der Waals surface area contributed by atoms with Crippen molar-refractivity contribution in [3.05, 3.63) is 76.8 Å². The number of halogens is 3. The molecular weight excluding hydrogens is 479 g/mol. The van der Waals surface area contributed by atoms with Crippen molar-refractivity contribution >= 4 is 53.0 Å². The van der Waals surface area contributed by atoms with Gasteiger partial charge in [0, 0.05) is 43.2 Å². The monoisotopic (exact) mass is 508 g/mol. The van der Waals surface area contributed by atoms with E-state index in [1.54, 1.807) is 7.11 Å². The molecule has 1 heterocycles. The van der Waals surface area contributed by atoms with Crippen molar-refractivity contribution in [2.24, 2.45) is 0 Å². The third kappa shape index (κ3) is 5.82. The molecule has 1 fully saturated rings. The largest absolute Gasteiger partial charge is 0.495 e. The number of Topliss-reactive ketones (excluding diaryl/α,β-unsaturated/α-hetero) is 1. The van der Waals surface area contributed by atoms with Gasteiger partial charge < -0.3 is 4.74 Å². The van der Waals surface area contributed by atoms with Crippen LogP contribution in [-0.4, -0.2) is 54.9 Å². The van der Waals surface area contributed by atoms with Gasteiger partial charge in [0.2, 0.25) is 0 Å². The first-order chi connectivity index (χ1) is 15.0. The van der Waals surface area contributed by atoms with Gasteiger partial charge in [0.1, 0.15) is 5.75 Å². The lowest BCUT2D eigenvalue weighted by atomic mass is 9.99. The van der Waals surface area contributed by atoms with E-state index in [1.807, 2.05) is 37.3 Å². The van der Waals surface area contributed by atoms with Crippen LogP contribution in [0.3, 0.4) is 0 Å². The molecule has 3 aromatic carbocycles. The third-order valence-corrected chi connectivity index (χ3v) is 6.92. The van der Waals surface area contributed by atoms with Crippen LogP contribution in [-0.2, 0) is 0 Å². The lowest BCUT2D eigenvalue weighted by Gasteiger charge is -2.40. The first-order valence-electron chi connectivity index (χ1n) is 10.8. The molecule has 0 radical (unpaired) electrons. The lowest BCUT2D eigenvalue weighted by Crippen LogP contribution is -2.52. The van der Waals surface area contributed by atoms with Gasteiger partial charge in [-0.2, -0.15) is 0 Å². The van der Waals surface area contributed by atoms with Gasteiger partial charge in [0.15, 0.2) is 5.78 Å². The molecule has 0 bridgehead atoms. The van der Waals surface area contributed by atoms with E-state index in [4.69, 9.17) is 16.3 Å². The van der Waals surface area contributed by atoms with E-state index in [-0.39, 0.29) is 36.6 Å². The van der Waals surface area contributed by atoms with E-state index in [0.717, 1.165) is 42.5 Å². The topological polar surface area (TPSA) is 32.8 Å². The van der Waals surface area contributed by atoms with Crippen molar-refractivity contribution < 1.29 is 9.53 Å². The van der Waals surface area contributed by atoms with Crippen molar-refractivity contribution in [1.29, 1.82) is 0 Å². The molecule has 7 heteroatoms. The zero-order valence-electron chi connectivity index (χ0n) is 19.2. The molecule has 1 aliphatic rings. The molecular formula is C26H31Cl3N2O2. The van der Waals surface area contributed by atoms with E-state index >= 15 is 0 Å². The number of carbonyl (C=O) groups is 1. The Labute approximate surface area is 213 Å². The molecule has 1 saturated heterocycles. The minimum absolute atomic E-state index is 0. The highest BCUT2D eigenvalue weighted by atomic mass is 35.5. The highest BCUT2D eigenvalue weighted by Gasteiger charge is 2.28. The van der Waals surface area contributed by atoms with Gasteiger partial charge in [-0.15, -0.1) is 24.8 Å². The van der Waals surface area contributed by atoms with E-state index in [2.05, 4.69) is 47.1 Å². The molecule has 178 valence electrons. The van der Waals surface area contributed by atoms with Crippen molar-refractivity contribution in [2.75, 3.05) is 33.3 Å². The van der Waals surface area contributed by atoms with Gasteiger partial charge in [0.05, 0.1) is 18.2 Å². The number of hydrogen-bond donors (Lipinski definition) is 0. The molecule has 3 aromatic rings. The van der Waals surface area contributed by atoms with Crippen LogP contribution < -0.4 is 4.74 Å². The summed E-state index contributed by atoms with van der Waals surface area (Å²) in [5.41, 5.74) is 2.06. The Balaban J connectivity index is 0.00000193. The quantitative estimate of drug-likeness (QED) is 0.365. The molecule has 0 saturated carbocycles. The zero-order chi connectivity index (χ0) is 22.0. The summed E-state index contributed by atoms with van der Waals surface area (Å²) in [5.74, 6) is 0.794. The third-order valence-electron chi connectivity index (χ3n) is 6.53. The summed E-state index contributed by atoms with van der Waals surface area (Å²) in [5, 5.41) is 2.43. The Bertz CT molecular complexity index is 1070. The van der Waals surface area contributed by atoms with Crippen molar-refractivity contribution in [3.63, 3.8) is 0 Å². The van der Waals surface area contributed by atoms with Crippen molar-refractivity contribution in [2.45, 2.75) is 25.9 Å². The summed E-state index contributed by atoms with van der Waals surface area (Å²) in [6.07, 6.45) is 0. The van der Waals surface area contributed by atoms with Gasteiger partial charge in [-0.25, -0.2) is 0 Å². The molecule has 0 aliphatic carbocycles. The fraction of sp³-hybridized carbons (Fsp3) is 0.346. The molecule has 33 heavy (non-hydrogen) atoms. The summed E-state index contributed by atoms with van der Waals surface area (Å²) >= 11 is 6.42. The fourth-order valence-electron chi connectivity index (χ4n) is 4.44. The number of piperazine rings is 1. The van der Waals surface area contributed by atoms with Crippen LogP contribution in [0.5, 0.6) is 5.75 Å². The fourth-order valence-corrected chi connectivity index (χ4v) is 4.76. The Morgan fingerprint density at radius 3 is 2.18 bits per heavy atom. The maximum atomic E-state index is 13.2. The number of nitrogens with zero attached hydrogens (tertiary/aromatic N) is 2. The van der Waals surface area contributed by atoms with Crippen LogP contribution in [0.4, 0.5) is 0 Å². The maximum Gasteiger partial charge on any atom is 0.179 e. The van der Waals surface area contributed by atoms with Gasteiger partial charge in [-0.3, -0.25) is 14.6 Å². The maximum absolute atomic E-state index is 13.2. The standard InChI is InChI=1S/C26H29ClN2O2.2ClH/c1-18(20-7-5-4-6-8-20)28-13-15-29(16-14-28)19(2)26(30)22-9-11-23-21(17-22)10-12-24(31-3)25(23)27;;/h4-12,17-19H,13-16H2,1-3H3;2*1H/t18?,19-;;/m0../s1. The summed E-state index contributed by atoms with van der Waals surface area (Å²) < 4.78 is 5.29. The first-order valence-corrected chi connectivity index (χ1v) is 11.2. The van der Waals surface area contributed by atoms with Crippen LogP contribution >= 0.6 is 36.4 Å². The molecule has 0 amide bonds. The van der Waals surface area contributed by atoms with Gasteiger partial charge >= 0.3 is 0 Å². The van der Waals surface area contributed by atoms with Crippen LogP contribution in [0.1, 0.15) is 35.8 Å². The molecule has 1 unspecified atom stereocenters. The van der Waals surface area contributed by atoms with Crippen LogP contribution in [0, 0.1) is 0 Å². The van der Waals surface area contributed by atoms with E-state index < -0.39 is 0 Å². The van der Waals surface area contributed by atoms with Crippen molar-refractivity contribution in [3.8, 4) is 5.75 Å². The van der Waals surface area contributed by atoms with Crippen LogP contribution in [0.15, 0.2) is 60.7 Å². The van der Waals surface area contributed by atoms with Crippen LogP contribution in [0.2, 0.25) is 5.02 Å². The van der Waals surface area contributed by atoms with Gasteiger partial charge in [0.25, 0.3) is 0 Å². The number of ketones is 1. The first kappa shape index (κ1) is 27.4. The smallest absolute Gasteiger partial charge is 0.179 e. The molecule has 4 nitrogen and oxygen atoms in total. The average Bonchev–Trinajstić information content (AvgIpc) is 2.83. The number of rotatable bonds is 6. The number of ether oxygens (including phenoxy) is 1. The second kappa shape index (κ2) is 12.0. The SMILES string of the molecule is COc1ccc2cc(C(=O)[C@H](C)N3CCN(C(C)c4ccccc4)CC3)ccc2c1Cl.Cl.Cl. The number of carbonyl (C=O) groups excluding carboxylic acids is 1. The number of methoxy groups -OCH3 is 1. The molecule has 1 aliphatic heterocycles. The van der Waals surface area contributed by atoms with E-state index in [0.29, 0.717) is 16.8 Å². The van der Waals surface area contributed by atoms with E-state index in [9.17, 15) is 4.79 Å². The highest BCUT2D eigenvalue weighted by Crippen LogP contribution is 2.33.